The molecule has 0 spiro atoms. The van der Waals surface area contributed by atoms with E-state index >= 15 is 0 Å². The molecule has 0 aromatic heterocycles. The van der Waals surface area contributed by atoms with Crippen LogP contribution in [0.4, 0.5) is 0 Å². The molecule has 0 aromatic rings. The van der Waals surface area contributed by atoms with E-state index in [-0.39, 0.29) is 0 Å². The van der Waals surface area contributed by atoms with E-state index in [0.29, 0.717) is 0 Å². The van der Waals surface area contributed by atoms with Crippen molar-refractivity contribution >= 4 is 11.8 Å². The normalized spacial score (nSPS) is 31.5. The predicted molar refractivity (Wildman–Crippen MR) is 31.1 cm³/mol. The van der Waals surface area contributed by atoms with Crippen LogP contribution >= 0.6 is 11.8 Å². The van der Waals surface area contributed by atoms with Gasteiger partial charge in [0.15, 0.2) is 0 Å². The molecule has 0 amide bonds. The van der Waals surface area contributed by atoms with Crippen molar-refractivity contribution in [3.63, 3.8) is 0 Å². The van der Waals surface area contributed by atoms with Gasteiger partial charge < -0.3 is 0 Å². The number of rotatable bonds is 1. The highest BCUT2D eigenvalue weighted by Crippen LogP contribution is 2.35. The maximum absolute atomic E-state index is 2.28. The molecule has 1 heteroatoms. The van der Waals surface area contributed by atoms with Crippen LogP contribution < -0.4 is 0 Å². The van der Waals surface area contributed by atoms with Crippen molar-refractivity contribution in [2.24, 2.45) is 5.92 Å². The Hall–Kier alpha value is 0.350. The minimum absolute atomic E-state index is 0.926. The largest absolute Gasteiger partial charge is 0.156 e. The highest BCUT2D eigenvalue weighted by molar-refractivity contribution is 8.06. The van der Waals surface area contributed by atoms with Crippen molar-refractivity contribution in [3.8, 4) is 0 Å². The Kier molecular flexibility index (Phi) is 1.09. The van der Waals surface area contributed by atoms with Gasteiger partial charge in [-0.1, -0.05) is 13.8 Å². The molecule has 0 N–H and O–H groups in total. The fraction of sp³-hybridized carbons (Fsp3) is 1.00. The van der Waals surface area contributed by atoms with Crippen molar-refractivity contribution in [1.29, 1.82) is 0 Å². The second-order valence-corrected chi connectivity index (χ2v) is 3.39. The average Bonchev–Trinajstić information content (AvgIpc) is 2.06. The molecule has 1 unspecified atom stereocenters. The summed E-state index contributed by atoms with van der Waals surface area (Å²) in [6, 6.07) is 0. The SMILES string of the molecule is CC(C)C1CS1. The van der Waals surface area contributed by atoms with Gasteiger partial charge in [0.05, 0.1) is 0 Å². The molecule has 1 heterocycles. The lowest BCUT2D eigenvalue weighted by molar-refractivity contribution is 0.681. The van der Waals surface area contributed by atoms with Gasteiger partial charge in [0, 0.05) is 11.0 Å². The van der Waals surface area contributed by atoms with Crippen molar-refractivity contribution in [2.45, 2.75) is 19.1 Å². The first kappa shape index (κ1) is 4.51. The van der Waals surface area contributed by atoms with Crippen LogP contribution in [0.3, 0.4) is 0 Å². The Morgan fingerprint density at radius 2 is 2.17 bits per heavy atom. The monoisotopic (exact) mass is 102 g/mol. The molecule has 1 fully saturated rings. The van der Waals surface area contributed by atoms with Crippen LogP contribution in [0.5, 0.6) is 0 Å². The van der Waals surface area contributed by atoms with Gasteiger partial charge in [-0.25, -0.2) is 0 Å². The molecule has 1 saturated heterocycles. The summed E-state index contributed by atoms with van der Waals surface area (Å²) in [5.74, 6) is 2.34. The lowest BCUT2D eigenvalue weighted by Gasteiger charge is -1.92. The highest BCUT2D eigenvalue weighted by Gasteiger charge is 2.25. The van der Waals surface area contributed by atoms with Crippen LogP contribution in [-0.4, -0.2) is 11.0 Å². The molecular formula is C5H10S. The van der Waals surface area contributed by atoms with Crippen LogP contribution in [0.1, 0.15) is 13.8 Å². The minimum Gasteiger partial charge on any atom is -0.156 e. The summed E-state index contributed by atoms with van der Waals surface area (Å²) in [7, 11) is 0. The summed E-state index contributed by atoms with van der Waals surface area (Å²) in [6.45, 7) is 4.56. The summed E-state index contributed by atoms with van der Waals surface area (Å²) in [4.78, 5) is 0. The van der Waals surface area contributed by atoms with Crippen molar-refractivity contribution in [1.82, 2.24) is 0 Å². The third-order valence-electron chi connectivity index (χ3n) is 1.10. The quantitative estimate of drug-likeness (QED) is 0.454. The van der Waals surface area contributed by atoms with Crippen LogP contribution in [-0.2, 0) is 0 Å². The molecule has 1 atom stereocenters. The molecule has 36 valence electrons. The Balaban J connectivity index is 2.13. The topological polar surface area (TPSA) is 0 Å². The molecule has 0 saturated carbocycles. The summed E-state index contributed by atoms with van der Waals surface area (Å²) in [6.07, 6.45) is 0. The van der Waals surface area contributed by atoms with Crippen LogP contribution in [0.2, 0.25) is 0 Å². The first-order valence-electron chi connectivity index (χ1n) is 2.42. The first-order valence-corrected chi connectivity index (χ1v) is 3.47. The lowest BCUT2D eigenvalue weighted by atomic mass is 10.2. The second-order valence-electron chi connectivity index (χ2n) is 2.12. The number of thioether (sulfide) groups is 1. The van der Waals surface area contributed by atoms with E-state index in [9.17, 15) is 0 Å². The van der Waals surface area contributed by atoms with Gasteiger partial charge in [0.25, 0.3) is 0 Å². The maximum Gasteiger partial charge on any atom is 0.0161 e. The van der Waals surface area contributed by atoms with E-state index in [1.165, 1.54) is 5.75 Å². The molecule has 0 aliphatic carbocycles. The van der Waals surface area contributed by atoms with Gasteiger partial charge in [-0.2, -0.15) is 11.8 Å². The molecule has 0 bridgehead atoms. The van der Waals surface area contributed by atoms with Gasteiger partial charge in [-0.3, -0.25) is 0 Å². The number of hydrogen-bond acceptors (Lipinski definition) is 1. The molecular weight excluding hydrogens is 92.1 g/mol. The molecule has 0 radical (unpaired) electrons. The van der Waals surface area contributed by atoms with Gasteiger partial charge in [-0.15, -0.1) is 0 Å². The molecule has 1 rings (SSSR count). The van der Waals surface area contributed by atoms with E-state index in [2.05, 4.69) is 25.6 Å². The Bertz CT molecular complexity index is 45.9. The summed E-state index contributed by atoms with van der Waals surface area (Å²) >= 11 is 2.08. The van der Waals surface area contributed by atoms with Gasteiger partial charge in [0.1, 0.15) is 0 Å². The molecule has 6 heavy (non-hydrogen) atoms. The van der Waals surface area contributed by atoms with Crippen LogP contribution in [0.25, 0.3) is 0 Å². The zero-order valence-corrected chi connectivity index (χ0v) is 5.09. The van der Waals surface area contributed by atoms with Crippen molar-refractivity contribution < 1.29 is 0 Å². The summed E-state index contributed by atoms with van der Waals surface area (Å²) < 4.78 is 0. The lowest BCUT2D eigenvalue weighted by Crippen LogP contribution is -1.92. The second kappa shape index (κ2) is 1.45. The highest BCUT2D eigenvalue weighted by atomic mass is 32.2. The van der Waals surface area contributed by atoms with E-state index in [1.807, 2.05) is 0 Å². The smallest absolute Gasteiger partial charge is 0.0161 e. The van der Waals surface area contributed by atoms with E-state index < -0.39 is 0 Å². The Labute approximate surface area is 43.3 Å². The third-order valence-corrected chi connectivity index (χ3v) is 2.37. The van der Waals surface area contributed by atoms with Crippen LogP contribution in [0, 0.1) is 5.92 Å². The van der Waals surface area contributed by atoms with Gasteiger partial charge in [0.2, 0.25) is 0 Å². The standard InChI is InChI=1S/C5H10S/c1-4(2)5-3-6-5/h4-5H,3H2,1-2H3. The predicted octanol–water partition coefficient (Wildman–Crippen LogP) is 1.76. The van der Waals surface area contributed by atoms with Crippen molar-refractivity contribution in [2.75, 3.05) is 5.75 Å². The minimum atomic E-state index is 0.926. The van der Waals surface area contributed by atoms with E-state index in [4.69, 9.17) is 0 Å². The summed E-state index contributed by atoms with van der Waals surface area (Å²) in [5.41, 5.74) is 0. The number of hydrogen-bond donors (Lipinski definition) is 0. The summed E-state index contributed by atoms with van der Waals surface area (Å²) in [5, 5.41) is 1.02. The Morgan fingerprint density at radius 3 is 2.17 bits per heavy atom. The fourth-order valence-electron chi connectivity index (χ4n) is 0.440. The van der Waals surface area contributed by atoms with Crippen LogP contribution in [0.15, 0.2) is 0 Å². The van der Waals surface area contributed by atoms with Gasteiger partial charge in [-0.05, 0) is 5.92 Å². The van der Waals surface area contributed by atoms with Crippen molar-refractivity contribution in [3.05, 3.63) is 0 Å². The maximum atomic E-state index is 2.28. The van der Waals surface area contributed by atoms with Gasteiger partial charge >= 0.3 is 0 Å². The molecule has 1 aliphatic heterocycles. The third kappa shape index (κ3) is 0.904. The molecule has 0 nitrogen and oxygen atoms in total. The van der Waals surface area contributed by atoms with E-state index in [0.717, 1.165) is 11.2 Å². The molecule has 0 aromatic carbocycles. The average molecular weight is 102 g/mol. The first-order chi connectivity index (χ1) is 2.80. The zero-order valence-electron chi connectivity index (χ0n) is 4.27. The molecule has 1 aliphatic rings. The Morgan fingerprint density at radius 1 is 1.67 bits per heavy atom. The van der Waals surface area contributed by atoms with E-state index in [1.54, 1.807) is 0 Å². The fourth-order valence-corrected chi connectivity index (χ4v) is 1.32. The zero-order chi connectivity index (χ0) is 4.57.